The highest BCUT2D eigenvalue weighted by Gasteiger charge is 2.26. The van der Waals surface area contributed by atoms with Crippen molar-refractivity contribution < 1.29 is 14.3 Å². The van der Waals surface area contributed by atoms with Crippen molar-refractivity contribution in [2.24, 2.45) is 5.92 Å². The monoisotopic (exact) mass is 421 g/mol. The lowest BCUT2D eigenvalue weighted by molar-refractivity contribution is -0.123. The molecule has 0 aliphatic carbocycles. The number of carbonyl (C=O) groups is 2. The maximum Gasteiger partial charge on any atom is 0.257 e. The first kappa shape index (κ1) is 21.4. The van der Waals surface area contributed by atoms with Crippen LogP contribution in [0.1, 0.15) is 37.0 Å². The first-order chi connectivity index (χ1) is 15.0. The molecule has 1 atom stereocenters. The molecule has 31 heavy (non-hydrogen) atoms. The molecule has 2 aliphatic heterocycles. The van der Waals surface area contributed by atoms with Crippen LogP contribution in [-0.2, 0) is 29.0 Å². The molecule has 0 radical (unpaired) electrons. The molecule has 2 heterocycles. The van der Waals surface area contributed by atoms with Gasteiger partial charge in [-0.05, 0) is 53.6 Å². The van der Waals surface area contributed by atoms with Crippen molar-refractivity contribution in [1.82, 2.24) is 10.2 Å². The molecule has 2 aromatic carbocycles. The van der Waals surface area contributed by atoms with Crippen LogP contribution in [0, 0.1) is 5.92 Å². The highest BCUT2D eigenvalue weighted by Crippen LogP contribution is 2.27. The summed E-state index contributed by atoms with van der Waals surface area (Å²) >= 11 is 0. The Hall–Kier alpha value is -2.86. The quantitative estimate of drug-likeness (QED) is 0.721. The molecule has 164 valence electrons. The van der Waals surface area contributed by atoms with Gasteiger partial charge in [0.15, 0.2) is 6.61 Å². The highest BCUT2D eigenvalue weighted by molar-refractivity contribution is 5.94. The van der Waals surface area contributed by atoms with Crippen LogP contribution in [0.25, 0.3) is 0 Å². The highest BCUT2D eigenvalue weighted by atomic mass is 16.5. The molecule has 0 unspecified atom stereocenters. The maximum atomic E-state index is 12.4. The molecule has 2 aromatic rings. The number of benzene rings is 2. The van der Waals surface area contributed by atoms with Gasteiger partial charge in [0, 0.05) is 37.8 Å². The van der Waals surface area contributed by atoms with Crippen LogP contribution in [-0.4, -0.2) is 42.5 Å². The Kier molecular flexibility index (Phi) is 6.56. The summed E-state index contributed by atoms with van der Waals surface area (Å²) in [6.45, 7) is 6.95. The van der Waals surface area contributed by atoms with E-state index in [0.29, 0.717) is 31.1 Å². The molecule has 0 fully saturated rings. The van der Waals surface area contributed by atoms with Crippen LogP contribution >= 0.6 is 0 Å². The number of fused-ring (bicyclic) bond motifs is 2. The van der Waals surface area contributed by atoms with E-state index in [1.807, 2.05) is 12.1 Å². The van der Waals surface area contributed by atoms with Gasteiger partial charge in [-0.1, -0.05) is 38.1 Å². The zero-order valence-electron chi connectivity index (χ0n) is 18.3. The Bertz CT molecular complexity index is 957. The Labute approximate surface area is 184 Å². The van der Waals surface area contributed by atoms with Crippen molar-refractivity contribution >= 4 is 17.5 Å². The number of rotatable bonds is 7. The van der Waals surface area contributed by atoms with Crippen molar-refractivity contribution in [3.8, 4) is 5.75 Å². The molecule has 2 N–H and O–H groups in total. The molecule has 0 aromatic heterocycles. The average molecular weight is 422 g/mol. The first-order valence-electron chi connectivity index (χ1n) is 11.1. The van der Waals surface area contributed by atoms with E-state index in [9.17, 15) is 9.59 Å². The van der Waals surface area contributed by atoms with E-state index in [2.05, 4.69) is 53.6 Å². The van der Waals surface area contributed by atoms with E-state index < -0.39 is 0 Å². The van der Waals surface area contributed by atoms with Gasteiger partial charge in [-0.2, -0.15) is 0 Å². The third kappa shape index (κ3) is 5.25. The van der Waals surface area contributed by atoms with E-state index in [4.69, 9.17) is 4.74 Å². The largest absolute Gasteiger partial charge is 0.484 e. The second kappa shape index (κ2) is 9.52. The first-order valence-corrected chi connectivity index (χ1v) is 11.1. The number of hydrogen-bond acceptors (Lipinski definition) is 4. The van der Waals surface area contributed by atoms with Gasteiger partial charge in [0.05, 0.1) is 0 Å². The van der Waals surface area contributed by atoms with Gasteiger partial charge in [0.1, 0.15) is 5.75 Å². The number of nitrogens with one attached hydrogen (secondary N) is 2. The van der Waals surface area contributed by atoms with Gasteiger partial charge in [0.25, 0.3) is 5.91 Å². The van der Waals surface area contributed by atoms with Gasteiger partial charge in [-0.15, -0.1) is 0 Å². The molecule has 0 bridgehead atoms. The molecule has 2 aliphatic rings. The van der Waals surface area contributed by atoms with Crippen LogP contribution in [0.15, 0.2) is 42.5 Å². The van der Waals surface area contributed by atoms with E-state index >= 15 is 0 Å². The molecular weight excluding hydrogens is 390 g/mol. The Morgan fingerprint density at radius 3 is 2.71 bits per heavy atom. The van der Waals surface area contributed by atoms with Crippen molar-refractivity contribution in [3.63, 3.8) is 0 Å². The fourth-order valence-corrected chi connectivity index (χ4v) is 4.45. The van der Waals surface area contributed by atoms with Gasteiger partial charge < -0.3 is 15.4 Å². The summed E-state index contributed by atoms with van der Waals surface area (Å²) in [6.07, 6.45) is 2.23. The predicted octanol–water partition coefficient (Wildman–Crippen LogP) is 3.15. The minimum Gasteiger partial charge on any atom is -0.484 e. The molecule has 0 saturated carbocycles. The summed E-state index contributed by atoms with van der Waals surface area (Å²) in [5.41, 5.74) is 4.69. The normalized spacial score (nSPS) is 16.8. The Balaban J connectivity index is 1.29. The lowest BCUT2D eigenvalue weighted by Crippen LogP contribution is -2.49. The Morgan fingerprint density at radius 1 is 1.10 bits per heavy atom. The number of aryl methyl sites for hydroxylation is 1. The second-order valence-electron chi connectivity index (χ2n) is 8.76. The average Bonchev–Trinajstić information content (AvgIpc) is 2.77. The minimum atomic E-state index is -0.117. The molecule has 2 amide bonds. The smallest absolute Gasteiger partial charge is 0.257 e. The van der Waals surface area contributed by atoms with Crippen molar-refractivity contribution in [1.29, 1.82) is 0 Å². The number of carbonyl (C=O) groups excluding carboxylic acids is 2. The number of amides is 2. The van der Waals surface area contributed by atoms with Gasteiger partial charge in [0.2, 0.25) is 5.91 Å². The van der Waals surface area contributed by atoms with E-state index in [0.717, 1.165) is 30.8 Å². The van der Waals surface area contributed by atoms with Gasteiger partial charge >= 0.3 is 0 Å². The maximum absolute atomic E-state index is 12.4. The number of nitrogens with zero attached hydrogens (tertiary/aromatic N) is 1. The van der Waals surface area contributed by atoms with Crippen LogP contribution in [0.5, 0.6) is 5.75 Å². The fourth-order valence-electron chi connectivity index (χ4n) is 4.45. The third-order valence-electron chi connectivity index (χ3n) is 6.25. The van der Waals surface area contributed by atoms with Gasteiger partial charge in [-0.25, -0.2) is 0 Å². The lowest BCUT2D eigenvalue weighted by Gasteiger charge is -2.38. The zero-order chi connectivity index (χ0) is 21.8. The van der Waals surface area contributed by atoms with Crippen molar-refractivity contribution in [3.05, 3.63) is 59.2 Å². The van der Waals surface area contributed by atoms with E-state index in [1.54, 1.807) is 6.07 Å². The molecule has 4 rings (SSSR count). The third-order valence-corrected chi connectivity index (χ3v) is 6.25. The zero-order valence-corrected chi connectivity index (χ0v) is 18.3. The second-order valence-corrected chi connectivity index (χ2v) is 8.76. The standard InChI is InChI=1S/C25H31N3O3/c1-17(2)23(28-12-11-18-5-3-4-6-20(18)15-28)14-26-25(30)16-31-21-8-9-22-19(13-21)7-10-24(29)27-22/h3-6,8-9,13,17,23H,7,10-12,14-16H2,1-2H3,(H,26,30)(H,27,29)/t23-/m1/s1. The lowest BCUT2D eigenvalue weighted by atomic mass is 9.95. The SMILES string of the molecule is CC(C)[C@@H](CNC(=O)COc1ccc2c(c1)CCC(=O)N2)N1CCc2ccccc2C1. The van der Waals surface area contributed by atoms with E-state index in [-0.39, 0.29) is 24.5 Å². The summed E-state index contributed by atoms with van der Waals surface area (Å²) in [7, 11) is 0. The summed E-state index contributed by atoms with van der Waals surface area (Å²) in [5, 5.41) is 5.92. The van der Waals surface area contributed by atoms with Crippen LogP contribution in [0.3, 0.4) is 0 Å². The molecule has 0 spiro atoms. The van der Waals surface area contributed by atoms with E-state index in [1.165, 1.54) is 11.1 Å². The number of ether oxygens (including phenoxy) is 1. The summed E-state index contributed by atoms with van der Waals surface area (Å²) in [5.74, 6) is 1.01. The fraction of sp³-hybridized carbons (Fsp3) is 0.440. The number of hydrogen-bond donors (Lipinski definition) is 2. The van der Waals surface area contributed by atoms with Crippen molar-refractivity contribution in [2.45, 2.75) is 45.7 Å². The summed E-state index contributed by atoms with van der Waals surface area (Å²) in [4.78, 5) is 26.4. The summed E-state index contributed by atoms with van der Waals surface area (Å²) in [6, 6.07) is 14.4. The molecule has 0 saturated heterocycles. The Morgan fingerprint density at radius 2 is 1.90 bits per heavy atom. The van der Waals surface area contributed by atoms with Crippen LogP contribution in [0.2, 0.25) is 0 Å². The molecular formula is C25H31N3O3. The van der Waals surface area contributed by atoms with Crippen LogP contribution in [0.4, 0.5) is 5.69 Å². The topological polar surface area (TPSA) is 70.7 Å². The van der Waals surface area contributed by atoms with Crippen LogP contribution < -0.4 is 15.4 Å². The molecule has 6 nitrogen and oxygen atoms in total. The van der Waals surface area contributed by atoms with Crippen molar-refractivity contribution in [2.75, 3.05) is 25.0 Å². The minimum absolute atomic E-state index is 0.0151. The van der Waals surface area contributed by atoms with Gasteiger partial charge in [-0.3, -0.25) is 14.5 Å². The predicted molar refractivity (Wildman–Crippen MR) is 121 cm³/mol. The summed E-state index contributed by atoms with van der Waals surface area (Å²) < 4.78 is 5.71. The molecule has 6 heteroatoms. The number of anilines is 1.